The van der Waals surface area contributed by atoms with Crippen LogP contribution in [0.4, 0.5) is 0 Å². The minimum atomic E-state index is -0.664. The van der Waals surface area contributed by atoms with Gasteiger partial charge in [0.2, 0.25) is 5.91 Å². The first-order valence-electron chi connectivity index (χ1n) is 29.4. The maximum absolute atomic E-state index is 12.4. The molecule has 2 unspecified atom stereocenters. The van der Waals surface area contributed by atoms with E-state index in [4.69, 9.17) is 4.74 Å². The van der Waals surface area contributed by atoms with E-state index in [9.17, 15) is 19.8 Å². The van der Waals surface area contributed by atoms with Crippen molar-refractivity contribution in [2.75, 3.05) is 13.2 Å². The van der Waals surface area contributed by atoms with E-state index in [-0.39, 0.29) is 18.5 Å². The molecule has 0 aliphatic rings. The Balaban J connectivity index is 3.35. The molecule has 0 bridgehead atoms. The number of esters is 1. The van der Waals surface area contributed by atoms with Crippen LogP contribution in [0.15, 0.2) is 12.2 Å². The lowest BCUT2D eigenvalue weighted by Gasteiger charge is -2.22. The van der Waals surface area contributed by atoms with Crippen molar-refractivity contribution in [2.24, 2.45) is 0 Å². The van der Waals surface area contributed by atoms with Crippen LogP contribution in [0.5, 0.6) is 0 Å². The average molecular weight is 919 g/mol. The molecule has 0 radical (unpaired) electrons. The molecular weight excluding hydrogens is 803 g/mol. The predicted octanol–water partition coefficient (Wildman–Crippen LogP) is 18.1. The molecule has 0 aliphatic heterocycles. The van der Waals surface area contributed by atoms with E-state index in [1.165, 1.54) is 257 Å². The fourth-order valence-electron chi connectivity index (χ4n) is 9.28. The number of ether oxygens (including phenoxy) is 1. The van der Waals surface area contributed by atoms with Crippen LogP contribution in [0.2, 0.25) is 0 Å². The molecule has 0 saturated heterocycles. The zero-order valence-corrected chi connectivity index (χ0v) is 44.0. The summed E-state index contributed by atoms with van der Waals surface area (Å²) in [6.45, 7) is 4.95. The first-order valence-corrected chi connectivity index (χ1v) is 29.4. The van der Waals surface area contributed by atoms with Crippen LogP contribution in [0.3, 0.4) is 0 Å². The molecule has 0 aromatic carbocycles. The number of aliphatic hydroxyl groups excluding tert-OH is 2. The van der Waals surface area contributed by atoms with Crippen molar-refractivity contribution in [2.45, 2.75) is 341 Å². The Kier molecular flexibility index (Phi) is 54.0. The molecule has 0 aliphatic carbocycles. The first kappa shape index (κ1) is 63.6. The van der Waals surface area contributed by atoms with E-state index < -0.39 is 12.1 Å². The van der Waals surface area contributed by atoms with Crippen molar-refractivity contribution in [3.63, 3.8) is 0 Å². The predicted molar refractivity (Wildman–Crippen MR) is 283 cm³/mol. The summed E-state index contributed by atoms with van der Waals surface area (Å²) in [5, 5.41) is 23.1. The van der Waals surface area contributed by atoms with Crippen molar-refractivity contribution in [3.8, 4) is 0 Å². The van der Waals surface area contributed by atoms with E-state index in [0.29, 0.717) is 25.9 Å². The molecule has 0 aromatic rings. The highest BCUT2D eigenvalue weighted by molar-refractivity contribution is 5.76. The van der Waals surface area contributed by atoms with E-state index in [1.807, 2.05) is 0 Å². The van der Waals surface area contributed by atoms with E-state index >= 15 is 0 Å². The van der Waals surface area contributed by atoms with Crippen molar-refractivity contribution in [1.29, 1.82) is 0 Å². The van der Waals surface area contributed by atoms with Gasteiger partial charge in [0.1, 0.15) is 0 Å². The summed E-state index contributed by atoms with van der Waals surface area (Å²) < 4.78 is 5.49. The van der Waals surface area contributed by atoms with Crippen LogP contribution < -0.4 is 5.32 Å². The molecule has 0 rings (SSSR count). The lowest BCUT2D eigenvalue weighted by atomic mass is 10.0. The maximum atomic E-state index is 12.4. The fourth-order valence-corrected chi connectivity index (χ4v) is 9.28. The summed E-state index contributed by atoms with van der Waals surface area (Å²) in [6.07, 6.45) is 65.1. The molecule has 65 heavy (non-hydrogen) atoms. The highest BCUT2D eigenvalue weighted by Gasteiger charge is 2.20. The first-order chi connectivity index (χ1) is 32.0. The monoisotopic (exact) mass is 918 g/mol. The van der Waals surface area contributed by atoms with E-state index in [1.54, 1.807) is 0 Å². The van der Waals surface area contributed by atoms with Crippen LogP contribution in [-0.4, -0.2) is 47.4 Å². The van der Waals surface area contributed by atoms with Gasteiger partial charge in [0.25, 0.3) is 0 Å². The number of amides is 1. The third-order valence-corrected chi connectivity index (χ3v) is 13.8. The Hall–Kier alpha value is -1.40. The molecule has 2 atom stereocenters. The smallest absolute Gasteiger partial charge is 0.305 e. The number of rotatable bonds is 55. The van der Waals surface area contributed by atoms with Gasteiger partial charge in [-0.15, -0.1) is 0 Å². The summed E-state index contributed by atoms with van der Waals surface area (Å²) in [6, 6.07) is -0.541. The average Bonchev–Trinajstić information content (AvgIpc) is 3.31. The Morgan fingerprint density at radius 2 is 0.723 bits per heavy atom. The van der Waals surface area contributed by atoms with Crippen LogP contribution in [0, 0.1) is 0 Å². The van der Waals surface area contributed by atoms with Gasteiger partial charge in [-0.1, -0.05) is 276 Å². The van der Waals surface area contributed by atoms with Gasteiger partial charge < -0.3 is 20.3 Å². The van der Waals surface area contributed by atoms with Crippen LogP contribution >= 0.6 is 0 Å². The number of allylic oxidation sites excluding steroid dienone is 2. The Morgan fingerprint density at radius 3 is 1.09 bits per heavy atom. The Bertz CT molecular complexity index is 970. The Morgan fingerprint density at radius 1 is 0.415 bits per heavy atom. The van der Waals surface area contributed by atoms with E-state index in [2.05, 4.69) is 31.3 Å². The number of hydrogen-bond acceptors (Lipinski definition) is 5. The lowest BCUT2D eigenvalue weighted by molar-refractivity contribution is -0.143. The van der Waals surface area contributed by atoms with Crippen molar-refractivity contribution < 1.29 is 24.5 Å². The molecular formula is C59H115NO5. The summed E-state index contributed by atoms with van der Waals surface area (Å²) in [7, 11) is 0. The van der Waals surface area contributed by atoms with Gasteiger partial charge in [-0.25, -0.2) is 0 Å². The van der Waals surface area contributed by atoms with Gasteiger partial charge >= 0.3 is 5.97 Å². The van der Waals surface area contributed by atoms with Crippen LogP contribution in [0.1, 0.15) is 328 Å². The fraction of sp³-hybridized carbons (Fsp3) is 0.932. The molecule has 0 heterocycles. The quantitative estimate of drug-likeness (QED) is 0.0321. The molecule has 3 N–H and O–H groups in total. The standard InChI is InChI=1S/C59H115NO5/c1-3-5-7-9-11-13-14-15-26-30-33-37-41-45-49-53-59(64)65-54-50-46-42-38-34-31-28-25-23-21-19-17-16-18-20-22-24-27-29-32-36-40-44-48-52-58(63)60-56(55-61)57(62)51-47-43-39-35-12-10-8-6-4-2/h18,20,56-57,61-62H,3-17,19,21-55H2,1-2H3,(H,60,63)/b20-18-. The number of nitrogens with one attached hydrogen (secondary N) is 1. The highest BCUT2D eigenvalue weighted by Crippen LogP contribution is 2.17. The second kappa shape index (κ2) is 55.2. The lowest BCUT2D eigenvalue weighted by Crippen LogP contribution is -2.45. The van der Waals surface area contributed by atoms with Crippen molar-refractivity contribution in [1.82, 2.24) is 5.32 Å². The molecule has 0 spiro atoms. The highest BCUT2D eigenvalue weighted by atomic mass is 16.5. The molecule has 1 amide bonds. The van der Waals surface area contributed by atoms with Crippen LogP contribution in [0.25, 0.3) is 0 Å². The summed E-state index contributed by atoms with van der Waals surface area (Å²) >= 11 is 0. The zero-order chi connectivity index (χ0) is 47.2. The van der Waals surface area contributed by atoms with Crippen molar-refractivity contribution in [3.05, 3.63) is 12.2 Å². The van der Waals surface area contributed by atoms with Gasteiger partial charge in [-0.2, -0.15) is 0 Å². The van der Waals surface area contributed by atoms with E-state index in [0.717, 1.165) is 38.5 Å². The second-order valence-corrected chi connectivity index (χ2v) is 20.3. The molecule has 0 fully saturated rings. The molecule has 0 saturated carbocycles. The zero-order valence-electron chi connectivity index (χ0n) is 44.0. The third-order valence-electron chi connectivity index (χ3n) is 13.8. The van der Waals surface area contributed by atoms with Gasteiger partial charge in [0.15, 0.2) is 0 Å². The SMILES string of the molecule is CCCCCCCCCCCCCCCCCC(=O)OCCCCCCCCCCCCCC/C=C\CCCCCCCCCCC(=O)NC(CO)C(O)CCCCCCCCCCC. The number of unbranched alkanes of at least 4 members (excludes halogenated alkanes) is 42. The van der Waals surface area contributed by atoms with Gasteiger partial charge in [0.05, 0.1) is 25.4 Å². The summed E-state index contributed by atoms with van der Waals surface area (Å²) in [5.74, 6) is -0.0252. The minimum absolute atomic E-state index is 0.0157. The number of hydrogen-bond donors (Lipinski definition) is 3. The topological polar surface area (TPSA) is 95.9 Å². The normalized spacial score (nSPS) is 12.6. The van der Waals surface area contributed by atoms with Crippen molar-refractivity contribution >= 4 is 11.9 Å². The third kappa shape index (κ3) is 51.8. The van der Waals surface area contributed by atoms with Crippen LogP contribution in [-0.2, 0) is 14.3 Å². The largest absolute Gasteiger partial charge is 0.466 e. The number of carbonyl (C=O) groups excluding carboxylic acids is 2. The molecule has 6 heteroatoms. The molecule has 0 aromatic heterocycles. The van der Waals surface area contributed by atoms with Gasteiger partial charge in [0, 0.05) is 12.8 Å². The Labute approximate surface area is 406 Å². The number of aliphatic hydroxyl groups is 2. The van der Waals surface area contributed by atoms with Gasteiger partial charge in [-0.05, 0) is 51.4 Å². The molecule has 386 valence electrons. The maximum Gasteiger partial charge on any atom is 0.305 e. The summed E-state index contributed by atoms with van der Waals surface area (Å²) in [4.78, 5) is 24.5. The number of carbonyl (C=O) groups is 2. The second-order valence-electron chi connectivity index (χ2n) is 20.3. The van der Waals surface area contributed by atoms with Gasteiger partial charge in [-0.3, -0.25) is 9.59 Å². The minimum Gasteiger partial charge on any atom is -0.466 e. The molecule has 6 nitrogen and oxygen atoms in total. The summed E-state index contributed by atoms with van der Waals surface area (Å²) in [5.41, 5.74) is 0.